The average molecular weight is 794 g/mol. The molecule has 0 bridgehead atoms. The van der Waals surface area contributed by atoms with Gasteiger partial charge in [0.25, 0.3) is 11.5 Å². The lowest BCUT2D eigenvalue weighted by Crippen LogP contribution is -2.41. The fraction of sp³-hybridized carbons (Fsp3) is 0.488. The topological polar surface area (TPSA) is 91.6 Å². The summed E-state index contributed by atoms with van der Waals surface area (Å²) in [5, 5.41) is 12.3. The summed E-state index contributed by atoms with van der Waals surface area (Å²) in [4.78, 5) is 41.7. The first-order valence-electron chi connectivity index (χ1n) is 18.3. The normalized spacial score (nSPS) is 18.3. The van der Waals surface area contributed by atoms with E-state index in [1.54, 1.807) is 18.7 Å². The van der Waals surface area contributed by atoms with Crippen LogP contribution in [0.3, 0.4) is 0 Å². The molecule has 2 heterocycles. The Labute approximate surface area is 319 Å². The van der Waals surface area contributed by atoms with Crippen molar-refractivity contribution in [3.63, 3.8) is 0 Å². The highest BCUT2D eigenvalue weighted by Gasteiger charge is 2.57. The van der Waals surface area contributed by atoms with Crippen molar-refractivity contribution in [2.75, 3.05) is 19.6 Å². The number of amides is 1. The number of pyridine rings is 1. The van der Waals surface area contributed by atoms with Crippen LogP contribution >= 0.6 is 0 Å². The number of aliphatic carboxylic acids is 1. The van der Waals surface area contributed by atoms with Gasteiger partial charge in [0.1, 0.15) is 23.5 Å². The maximum Gasteiger partial charge on any atom is 0.416 e. The van der Waals surface area contributed by atoms with Crippen molar-refractivity contribution < 1.29 is 49.8 Å². The molecule has 2 N–H and O–H groups in total. The molecule has 56 heavy (non-hydrogen) atoms. The molecule has 2 aromatic carbocycles. The van der Waals surface area contributed by atoms with Gasteiger partial charge in [0, 0.05) is 42.3 Å². The first-order valence-corrected chi connectivity index (χ1v) is 18.3. The van der Waals surface area contributed by atoms with E-state index >= 15 is 8.78 Å². The number of piperidine rings is 1. The zero-order chi connectivity index (χ0) is 41.4. The van der Waals surface area contributed by atoms with Crippen LogP contribution in [0.4, 0.5) is 35.1 Å². The molecule has 7 nitrogen and oxygen atoms in total. The second-order valence-electron chi connectivity index (χ2n) is 15.2. The molecule has 3 aromatic rings. The molecular weight excluding hydrogens is 750 g/mol. The maximum absolute atomic E-state index is 16.7. The SMILES string of the molecule is CC#Cc1cc(-c2c(C)cc(F)cc2C)c(F)c([C@H](CC(=O)O)NC(=O)[C@@H](CC(C)C)n2cc(C3CCN(C[C@H]4CC4(F)F)CC3)c(C(F)(F)F)cc2=O)c1F. The summed E-state index contributed by atoms with van der Waals surface area (Å²) in [6.07, 6.45) is -5.10. The number of carboxylic acid groups (broad SMARTS) is 1. The lowest BCUT2D eigenvalue weighted by Gasteiger charge is -2.34. The molecule has 0 spiro atoms. The van der Waals surface area contributed by atoms with Gasteiger partial charge in [-0.1, -0.05) is 19.8 Å². The Hall–Kier alpha value is -4.71. The summed E-state index contributed by atoms with van der Waals surface area (Å²) in [7, 11) is 0. The zero-order valence-corrected chi connectivity index (χ0v) is 31.5. The number of aryl methyl sites for hydroxylation is 2. The van der Waals surface area contributed by atoms with Crippen molar-refractivity contribution in [1.29, 1.82) is 0 Å². The summed E-state index contributed by atoms with van der Waals surface area (Å²) < 4.78 is 118. The summed E-state index contributed by atoms with van der Waals surface area (Å²) in [6, 6.07) is 0.320. The molecule has 5 rings (SSSR count). The van der Waals surface area contributed by atoms with E-state index in [4.69, 9.17) is 0 Å². The van der Waals surface area contributed by atoms with E-state index in [0.717, 1.165) is 29.0 Å². The number of carboxylic acids is 1. The molecule has 1 aromatic heterocycles. The first kappa shape index (κ1) is 42.4. The highest BCUT2D eigenvalue weighted by molar-refractivity contribution is 5.82. The predicted molar refractivity (Wildman–Crippen MR) is 193 cm³/mol. The highest BCUT2D eigenvalue weighted by atomic mass is 19.4. The fourth-order valence-electron chi connectivity index (χ4n) is 7.75. The second-order valence-corrected chi connectivity index (χ2v) is 15.2. The third-order valence-electron chi connectivity index (χ3n) is 10.5. The van der Waals surface area contributed by atoms with Gasteiger partial charge in [-0.3, -0.25) is 14.4 Å². The van der Waals surface area contributed by atoms with Gasteiger partial charge in [0.05, 0.1) is 23.6 Å². The van der Waals surface area contributed by atoms with Gasteiger partial charge in [-0.2, -0.15) is 13.2 Å². The van der Waals surface area contributed by atoms with Gasteiger partial charge in [-0.15, -0.1) is 5.92 Å². The Bertz CT molecular complexity index is 2100. The molecule has 1 saturated heterocycles. The Morgan fingerprint density at radius 2 is 1.62 bits per heavy atom. The van der Waals surface area contributed by atoms with E-state index in [9.17, 15) is 45.8 Å². The second kappa shape index (κ2) is 16.4. The number of likely N-dealkylation sites (tertiary alicyclic amines) is 1. The van der Waals surface area contributed by atoms with Crippen LogP contribution in [0.25, 0.3) is 11.1 Å². The molecular formula is C41H43F8N3O4. The van der Waals surface area contributed by atoms with Crippen LogP contribution < -0.4 is 10.9 Å². The minimum absolute atomic E-state index is 0.110. The largest absolute Gasteiger partial charge is 0.481 e. The van der Waals surface area contributed by atoms with Crippen molar-refractivity contribution >= 4 is 11.9 Å². The van der Waals surface area contributed by atoms with E-state index < -0.39 is 88.5 Å². The number of hydrogen-bond acceptors (Lipinski definition) is 4. The molecule has 0 radical (unpaired) electrons. The molecule has 1 amide bonds. The standard InChI is InChI=1S/C41H43F8N3O4/c1-6-7-25-15-28(35-22(4)13-27(42)14-23(35)5)38(44)36(37(25)43)31(17-34(54)55)50-39(56)32(12-21(2)3)52-20-29(30(16-33(52)53)41(47,48)49)24-8-10-51(11-9-24)19-26-18-40(26,45)46/h13-16,20-21,24,26,31-32H,8-12,17-19H2,1-5H3,(H,50,56)(H,54,55)/t26-,31+,32-/m1/s1. The van der Waals surface area contributed by atoms with Crippen LogP contribution in [0.15, 0.2) is 35.3 Å². The van der Waals surface area contributed by atoms with Crippen molar-refractivity contribution in [2.24, 2.45) is 11.8 Å². The van der Waals surface area contributed by atoms with Crippen LogP contribution in [-0.4, -0.2) is 52.0 Å². The molecule has 2 aliphatic rings. The number of nitrogens with one attached hydrogen (secondary N) is 1. The number of rotatable bonds is 12. The Balaban J connectivity index is 1.57. The molecule has 1 aliphatic heterocycles. The maximum atomic E-state index is 16.7. The number of hydrogen-bond donors (Lipinski definition) is 2. The van der Waals surface area contributed by atoms with Crippen LogP contribution in [0.5, 0.6) is 0 Å². The fourth-order valence-corrected chi connectivity index (χ4v) is 7.75. The molecule has 0 unspecified atom stereocenters. The predicted octanol–water partition coefficient (Wildman–Crippen LogP) is 8.69. The number of carbonyl (C=O) groups is 2. The van der Waals surface area contributed by atoms with E-state index in [2.05, 4.69) is 17.2 Å². The van der Waals surface area contributed by atoms with Crippen LogP contribution in [0.1, 0.15) is 104 Å². The van der Waals surface area contributed by atoms with Gasteiger partial charge in [-0.05, 0) is 105 Å². The van der Waals surface area contributed by atoms with E-state index in [-0.39, 0.29) is 84.6 Å². The van der Waals surface area contributed by atoms with Crippen LogP contribution in [0.2, 0.25) is 0 Å². The Morgan fingerprint density at radius 1 is 1.02 bits per heavy atom. The first-order chi connectivity index (χ1) is 26.1. The quantitative estimate of drug-likeness (QED) is 0.142. The molecule has 15 heteroatoms. The van der Waals surface area contributed by atoms with Gasteiger partial charge in [0.2, 0.25) is 5.91 Å². The van der Waals surface area contributed by atoms with E-state index in [1.807, 2.05) is 0 Å². The van der Waals surface area contributed by atoms with Gasteiger partial charge in [0.15, 0.2) is 0 Å². The molecule has 2 fully saturated rings. The van der Waals surface area contributed by atoms with Crippen LogP contribution in [-0.2, 0) is 15.8 Å². The van der Waals surface area contributed by atoms with E-state index in [1.165, 1.54) is 20.8 Å². The number of nitrogens with zero attached hydrogens (tertiary/aromatic N) is 2. The number of carbonyl (C=O) groups excluding carboxylic acids is 1. The summed E-state index contributed by atoms with van der Waals surface area (Å²) in [5.74, 6) is -5.42. The van der Waals surface area contributed by atoms with Gasteiger partial charge < -0.3 is 19.9 Å². The summed E-state index contributed by atoms with van der Waals surface area (Å²) in [6.45, 7) is 8.32. The number of aromatic nitrogens is 1. The van der Waals surface area contributed by atoms with Gasteiger partial charge in [-0.25, -0.2) is 22.0 Å². The molecule has 3 atom stereocenters. The molecule has 1 saturated carbocycles. The molecule has 1 aliphatic carbocycles. The Morgan fingerprint density at radius 3 is 2.14 bits per heavy atom. The summed E-state index contributed by atoms with van der Waals surface area (Å²) >= 11 is 0. The van der Waals surface area contributed by atoms with Crippen molar-refractivity contribution in [3.8, 4) is 23.0 Å². The highest BCUT2D eigenvalue weighted by Crippen LogP contribution is 2.49. The van der Waals surface area contributed by atoms with Crippen molar-refractivity contribution in [3.05, 3.63) is 91.6 Å². The minimum Gasteiger partial charge on any atom is -0.481 e. The monoisotopic (exact) mass is 793 g/mol. The van der Waals surface area contributed by atoms with Crippen molar-refractivity contribution in [2.45, 2.75) is 96.8 Å². The number of benzene rings is 2. The lowest BCUT2D eigenvalue weighted by molar-refractivity contribution is -0.139. The lowest BCUT2D eigenvalue weighted by atomic mass is 9.87. The zero-order valence-electron chi connectivity index (χ0n) is 31.5. The third-order valence-corrected chi connectivity index (χ3v) is 10.5. The number of alkyl halides is 5. The third kappa shape index (κ3) is 9.28. The average Bonchev–Trinajstić information content (AvgIpc) is 3.69. The van der Waals surface area contributed by atoms with E-state index in [0.29, 0.717) is 6.07 Å². The molecule has 302 valence electrons. The van der Waals surface area contributed by atoms with Crippen molar-refractivity contribution in [1.82, 2.24) is 14.8 Å². The smallest absolute Gasteiger partial charge is 0.416 e. The summed E-state index contributed by atoms with van der Waals surface area (Å²) in [5.41, 5.74) is -3.36. The number of halogens is 8. The van der Waals surface area contributed by atoms with Gasteiger partial charge >= 0.3 is 12.1 Å². The van der Waals surface area contributed by atoms with Crippen LogP contribution in [0, 0.1) is 55.0 Å². The Kier molecular flexibility index (Phi) is 12.4. The minimum atomic E-state index is -4.95.